The van der Waals surface area contributed by atoms with Gasteiger partial charge in [-0.25, -0.2) is 4.39 Å². The second-order valence-electron chi connectivity index (χ2n) is 3.91. The molecule has 1 amide bonds. The van der Waals surface area contributed by atoms with E-state index in [-0.39, 0.29) is 6.42 Å². The van der Waals surface area contributed by atoms with Crippen molar-refractivity contribution in [3.63, 3.8) is 0 Å². The van der Waals surface area contributed by atoms with Crippen molar-refractivity contribution in [1.82, 2.24) is 0 Å². The van der Waals surface area contributed by atoms with Gasteiger partial charge < -0.3 is 10.8 Å². The number of aliphatic carboxylic acids is 1. The number of carbonyl (C=O) groups excluding carboxylic acids is 1. The van der Waals surface area contributed by atoms with Gasteiger partial charge in [-0.2, -0.15) is 0 Å². The SMILES string of the molecule is CC(Cc1ccc(F)cc1Br)(C(N)=O)C(=O)O. The van der Waals surface area contributed by atoms with Crippen LogP contribution in [0.1, 0.15) is 12.5 Å². The second kappa shape index (κ2) is 4.83. The summed E-state index contributed by atoms with van der Waals surface area (Å²) in [5, 5.41) is 9.02. The van der Waals surface area contributed by atoms with Crippen LogP contribution in [0.15, 0.2) is 22.7 Å². The third-order valence-electron chi connectivity index (χ3n) is 2.57. The maximum Gasteiger partial charge on any atom is 0.319 e. The Morgan fingerprint density at radius 3 is 2.53 bits per heavy atom. The van der Waals surface area contributed by atoms with Crippen molar-refractivity contribution in [2.75, 3.05) is 0 Å². The van der Waals surface area contributed by atoms with Gasteiger partial charge in [-0.1, -0.05) is 22.0 Å². The molecule has 1 aromatic carbocycles. The maximum atomic E-state index is 12.9. The summed E-state index contributed by atoms with van der Waals surface area (Å²) in [4.78, 5) is 22.3. The van der Waals surface area contributed by atoms with Crippen molar-refractivity contribution in [2.24, 2.45) is 11.1 Å². The third-order valence-corrected chi connectivity index (χ3v) is 3.31. The van der Waals surface area contributed by atoms with Crippen LogP contribution in [0.5, 0.6) is 0 Å². The Morgan fingerprint density at radius 1 is 1.53 bits per heavy atom. The lowest BCUT2D eigenvalue weighted by Crippen LogP contribution is -2.43. The molecule has 0 fully saturated rings. The van der Waals surface area contributed by atoms with Crippen molar-refractivity contribution in [3.05, 3.63) is 34.1 Å². The summed E-state index contributed by atoms with van der Waals surface area (Å²) in [5.41, 5.74) is 3.89. The lowest BCUT2D eigenvalue weighted by molar-refractivity contribution is -0.153. The zero-order chi connectivity index (χ0) is 13.2. The van der Waals surface area contributed by atoms with Gasteiger partial charge in [0.1, 0.15) is 11.2 Å². The highest BCUT2D eigenvalue weighted by Crippen LogP contribution is 2.27. The molecule has 1 rings (SSSR count). The molecule has 1 atom stereocenters. The van der Waals surface area contributed by atoms with E-state index >= 15 is 0 Å². The summed E-state index contributed by atoms with van der Waals surface area (Å²) >= 11 is 3.11. The molecule has 4 nitrogen and oxygen atoms in total. The van der Waals surface area contributed by atoms with Gasteiger partial charge in [0.2, 0.25) is 5.91 Å². The van der Waals surface area contributed by atoms with Crippen molar-refractivity contribution >= 4 is 27.8 Å². The average Bonchev–Trinajstić information content (AvgIpc) is 2.21. The Kier molecular flexibility index (Phi) is 3.87. The standard InChI is InChI=1S/C11H11BrFNO3/c1-11(9(14)15,10(16)17)5-6-2-3-7(13)4-8(6)12/h2-4H,5H2,1H3,(H2,14,15)(H,16,17). The molecule has 1 aromatic rings. The Morgan fingerprint density at radius 2 is 2.12 bits per heavy atom. The molecule has 0 bridgehead atoms. The molecule has 0 saturated heterocycles. The Bertz CT molecular complexity index is 462. The summed E-state index contributed by atoms with van der Waals surface area (Å²) in [6.45, 7) is 1.24. The predicted octanol–water partition coefficient (Wildman–Crippen LogP) is 1.71. The van der Waals surface area contributed by atoms with Gasteiger partial charge in [-0.05, 0) is 31.0 Å². The number of amides is 1. The quantitative estimate of drug-likeness (QED) is 0.831. The van der Waals surface area contributed by atoms with E-state index in [0.29, 0.717) is 10.0 Å². The lowest BCUT2D eigenvalue weighted by atomic mass is 9.83. The van der Waals surface area contributed by atoms with E-state index in [4.69, 9.17) is 10.8 Å². The summed E-state index contributed by atoms with van der Waals surface area (Å²) in [6, 6.07) is 3.82. The minimum Gasteiger partial charge on any atom is -0.480 e. The molecule has 0 aliphatic heterocycles. The number of hydrogen-bond acceptors (Lipinski definition) is 2. The van der Waals surface area contributed by atoms with Crippen molar-refractivity contribution in [1.29, 1.82) is 0 Å². The van der Waals surface area contributed by atoms with E-state index in [1.807, 2.05) is 0 Å². The van der Waals surface area contributed by atoms with Gasteiger partial charge in [0.05, 0.1) is 0 Å². The van der Waals surface area contributed by atoms with Gasteiger partial charge >= 0.3 is 5.97 Å². The molecule has 0 heterocycles. The van der Waals surface area contributed by atoms with Crippen LogP contribution >= 0.6 is 15.9 Å². The molecule has 0 radical (unpaired) electrons. The molecule has 17 heavy (non-hydrogen) atoms. The molecule has 0 aliphatic rings. The maximum absolute atomic E-state index is 12.9. The number of primary amides is 1. The third kappa shape index (κ3) is 2.82. The fourth-order valence-corrected chi connectivity index (χ4v) is 1.81. The number of benzene rings is 1. The van der Waals surface area contributed by atoms with E-state index in [1.54, 1.807) is 0 Å². The van der Waals surface area contributed by atoms with E-state index in [9.17, 15) is 14.0 Å². The van der Waals surface area contributed by atoms with Crippen LogP contribution in [0.2, 0.25) is 0 Å². The fraction of sp³-hybridized carbons (Fsp3) is 0.273. The van der Waals surface area contributed by atoms with Crippen LogP contribution in [0.4, 0.5) is 4.39 Å². The predicted molar refractivity (Wildman–Crippen MR) is 62.7 cm³/mol. The largest absolute Gasteiger partial charge is 0.480 e. The van der Waals surface area contributed by atoms with Crippen LogP contribution < -0.4 is 5.73 Å². The highest BCUT2D eigenvalue weighted by Gasteiger charge is 2.40. The molecule has 3 N–H and O–H groups in total. The lowest BCUT2D eigenvalue weighted by Gasteiger charge is -2.21. The number of carbonyl (C=O) groups is 2. The van der Waals surface area contributed by atoms with E-state index in [1.165, 1.54) is 25.1 Å². The molecule has 0 aliphatic carbocycles. The molecule has 92 valence electrons. The number of nitrogens with two attached hydrogens (primary N) is 1. The molecule has 6 heteroatoms. The fourth-order valence-electron chi connectivity index (χ4n) is 1.31. The number of rotatable bonds is 4. The van der Waals surface area contributed by atoms with Crippen molar-refractivity contribution in [2.45, 2.75) is 13.3 Å². The van der Waals surface area contributed by atoms with E-state index < -0.39 is 23.1 Å². The first-order chi connectivity index (χ1) is 7.77. The molecule has 0 saturated carbocycles. The minimum absolute atomic E-state index is 0.0987. The first-order valence-electron chi connectivity index (χ1n) is 4.74. The number of carboxylic acid groups (broad SMARTS) is 1. The second-order valence-corrected chi connectivity index (χ2v) is 4.77. The first-order valence-corrected chi connectivity index (χ1v) is 5.54. The van der Waals surface area contributed by atoms with Crippen LogP contribution in [0, 0.1) is 11.2 Å². The Balaban J connectivity index is 3.11. The van der Waals surface area contributed by atoms with Gasteiger partial charge in [0, 0.05) is 4.47 Å². The number of halogens is 2. The first kappa shape index (κ1) is 13.6. The van der Waals surface area contributed by atoms with Gasteiger partial charge in [0.15, 0.2) is 0 Å². The van der Waals surface area contributed by atoms with Crippen molar-refractivity contribution in [3.8, 4) is 0 Å². The minimum atomic E-state index is -1.71. The average molecular weight is 304 g/mol. The van der Waals surface area contributed by atoms with Crippen molar-refractivity contribution < 1.29 is 19.1 Å². The molecule has 0 spiro atoms. The Hall–Kier alpha value is -1.43. The van der Waals surface area contributed by atoms with Crippen LogP contribution in [0.25, 0.3) is 0 Å². The van der Waals surface area contributed by atoms with E-state index in [0.717, 1.165) is 0 Å². The normalized spacial score (nSPS) is 14.1. The number of hydrogen-bond donors (Lipinski definition) is 2. The summed E-state index contributed by atoms with van der Waals surface area (Å²) < 4.78 is 13.3. The van der Waals surface area contributed by atoms with Crippen LogP contribution in [0.3, 0.4) is 0 Å². The molecular formula is C11H11BrFNO3. The molecule has 1 unspecified atom stereocenters. The van der Waals surface area contributed by atoms with E-state index in [2.05, 4.69) is 15.9 Å². The van der Waals surface area contributed by atoms with Gasteiger partial charge in [-0.15, -0.1) is 0 Å². The Labute approximate surface area is 106 Å². The molecular weight excluding hydrogens is 293 g/mol. The highest BCUT2D eigenvalue weighted by atomic mass is 79.9. The molecule has 0 aromatic heterocycles. The monoisotopic (exact) mass is 303 g/mol. The summed E-state index contributed by atoms with van der Waals surface area (Å²) in [7, 11) is 0. The smallest absolute Gasteiger partial charge is 0.319 e. The van der Waals surface area contributed by atoms with Crippen LogP contribution in [-0.2, 0) is 16.0 Å². The van der Waals surface area contributed by atoms with Gasteiger partial charge in [-0.3, -0.25) is 9.59 Å². The zero-order valence-corrected chi connectivity index (χ0v) is 10.6. The topological polar surface area (TPSA) is 80.4 Å². The van der Waals surface area contributed by atoms with Crippen LogP contribution in [-0.4, -0.2) is 17.0 Å². The number of carboxylic acids is 1. The van der Waals surface area contributed by atoms with Gasteiger partial charge in [0.25, 0.3) is 0 Å². The highest BCUT2D eigenvalue weighted by molar-refractivity contribution is 9.10. The summed E-state index contributed by atoms with van der Waals surface area (Å²) in [6.07, 6.45) is -0.0987. The zero-order valence-electron chi connectivity index (χ0n) is 9.04. The summed E-state index contributed by atoms with van der Waals surface area (Å²) in [5.74, 6) is -2.68.